The summed E-state index contributed by atoms with van der Waals surface area (Å²) in [4.78, 5) is 29.2. The Morgan fingerprint density at radius 1 is 1.19 bits per heavy atom. The van der Waals surface area contributed by atoms with Gasteiger partial charge < -0.3 is 24.1 Å². The summed E-state index contributed by atoms with van der Waals surface area (Å²) in [5.74, 6) is -1.49. The largest absolute Gasteiger partial charge is 0.451 e. The molecule has 0 unspecified atom stereocenters. The summed E-state index contributed by atoms with van der Waals surface area (Å²) < 4.78 is 16.4. The summed E-state index contributed by atoms with van der Waals surface area (Å²) in [6.45, 7) is 1.83. The third-order valence-electron chi connectivity index (χ3n) is 4.92. The van der Waals surface area contributed by atoms with Crippen molar-refractivity contribution in [3.8, 4) is 0 Å². The van der Waals surface area contributed by atoms with Crippen LogP contribution in [0.4, 0.5) is 0 Å². The molecular formula is C18H18Cl2N2O5. The van der Waals surface area contributed by atoms with E-state index in [1.807, 2.05) is 0 Å². The van der Waals surface area contributed by atoms with Gasteiger partial charge in [-0.25, -0.2) is 4.79 Å². The molecule has 0 bridgehead atoms. The van der Waals surface area contributed by atoms with Crippen molar-refractivity contribution in [2.24, 2.45) is 0 Å². The summed E-state index contributed by atoms with van der Waals surface area (Å²) in [6.07, 6.45) is 1.22. The number of piperidine rings is 1. The second kappa shape index (κ2) is 7.31. The summed E-state index contributed by atoms with van der Waals surface area (Å²) in [6, 6.07) is 5.08. The fraction of sp³-hybridized carbons (Fsp3) is 0.444. The zero-order valence-electron chi connectivity index (χ0n) is 14.4. The Balaban J connectivity index is 1.35. The van der Waals surface area contributed by atoms with Crippen molar-refractivity contribution in [2.75, 3.05) is 32.9 Å². The Bertz CT molecular complexity index is 881. The number of nitrogens with zero attached hydrogens (tertiary/aromatic N) is 1. The van der Waals surface area contributed by atoms with E-state index in [9.17, 15) is 9.59 Å². The van der Waals surface area contributed by atoms with Crippen LogP contribution in [-0.2, 0) is 19.0 Å². The zero-order chi connectivity index (χ0) is 19.0. The van der Waals surface area contributed by atoms with Crippen LogP contribution in [0.15, 0.2) is 18.2 Å². The molecule has 9 heteroatoms. The van der Waals surface area contributed by atoms with Crippen molar-refractivity contribution in [3.05, 3.63) is 33.9 Å². The van der Waals surface area contributed by atoms with E-state index in [1.54, 1.807) is 23.1 Å². The number of aromatic nitrogens is 1. The van der Waals surface area contributed by atoms with Crippen molar-refractivity contribution >= 4 is 46.0 Å². The van der Waals surface area contributed by atoms with Gasteiger partial charge in [0.15, 0.2) is 12.4 Å². The maximum atomic E-state index is 12.3. The van der Waals surface area contributed by atoms with Gasteiger partial charge in [-0.3, -0.25) is 4.79 Å². The van der Waals surface area contributed by atoms with Crippen LogP contribution in [0.2, 0.25) is 10.0 Å². The molecule has 0 aliphatic carbocycles. The quantitative estimate of drug-likeness (QED) is 0.783. The number of nitrogens with one attached hydrogen (secondary N) is 1. The lowest BCUT2D eigenvalue weighted by Crippen LogP contribution is -2.48. The molecule has 4 rings (SSSR count). The standard InChI is InChI=1S/C18H18Cl2N2O5/c19-11-1-2-13-12(9-11)15(20)16(21-13)17(24)25-10-14(23)22-5-3-18(4-6-22)26-7-8-27-18/h1-2,9,21H,3-8,10H2. The SMILES string of the molecule is O=C(OCC(=O)N1CCC2(CC1)OCCO2)c1[nH]c2ccc(Cl)cc2c1Cl. The minimum Gasteiger partial charge on any atom is -0.451 e. The lowest BCUT2D eigenvalue weighted by molar-refractivity contribution is -0.188. The second-order valence-corrected chi connectivity index (χ2v) is 7.38. The van der Waals surface area contributed by atoms with Gasteiger partial charge in [-0.05, 0) is 18.2 Å². The number of benzene rings is 1. The topological polar surface area (TPSA) is 80.9 Å². The molecule has 1 aromatic heterocycles. The Kier molecular flexibility index (Phi) is 5.03. The average molecular weight is 413 g/mol. The van der Waals surface area contributed by atoms with Crippen molar-refractivity contribution in [1.29, 1.82) is 0 Å². The number of hydrogen-bond acceptors (Lipinski definition) is 5. The third kappa shape index (κ3) is 3.65. The van der Waals surface area contributed by atoms with E-state index in [2.05, 4.69) is 4.98 Å². The van der Waals surface area contributed by atoms with Crippen molar-refractivity contribution in [3.63, 3.8) is 0 Å². The fourth-order valence-corrected chi connectivity index (χ4v) is 3.90. The Labute approximate surface area is 165 Å². The number of amides is 1. The molecule has 27 heavy (non-hydrogen) atoms. The van der Waals surface area contributed by atoms with E-state index in [4.69, 9.17) is 37.4 Å². The monoisotopic (exact) mass is 412 g/mol. The van der Waals surface area contributed by atoms with Crippen LogP contribution < -0.4 is 0 Å². The average Bonchev–Trinajstić information content (AvgIpc) is 3.25. The van der Waals surface area contributed by atoms with Crippen LogP contribution in [0.25, 0.3) is 10.9 Å². The summed E-state index contributed by atoms with van der Waals surface area (Å²) >= 11 is 12.2. The van der Waals surface area contributed by atoms with Crippen LogP contribution >= 0.6 is 23.2 Å². The van der Waals surface area contributed by atoms with E-state index >= 15 is 0 Å². The van der Waals surface area contributed by atoms with Crippen LogP contribution in [0, 0.1) is 0 Å². The third-order valence-corrected chi connectivity index (χ3v) is 5.55. The number of fused-ring (bicyclic) bond motifs is 1. The first-order valence-electron chi connectivity index (χ1n) is 8.67. The van der Waals surface area contributed by atoms with Gasteiger partial charge >= 0.3 is 5.97 Å². The molecule has 2 aromatic rings. The van der Waals surface area contributed by atoms with Gasteiger partial charge in [-0.1, -0.05) is 23.2 Å². The summed E-state index contributed by atoms with van der Waals surface area (Å²) in [5.41, 5.74) is 0.771. The first kappa shape index (κ1) is 18.6. The number of rotatable bonds is 3. The van der Waals surface area contributed by atoms with Crippen molar-refractivity contribution in [1.82, 2.24) is 9.88 Å². The van der Waals surface area contributed by atoms with E-state index in [0.717, 1.165) is 0 Å². The Morgan fingerprint density at radius 2 is 1.89 bits per heavy atom. The molecule has 1 N–H and O–H groups in total. The first-order chi connectivity index (χ1) is 13.0. The molecule has 3 heterocycles. The van der Waals surface area contributed by atoms with Gasteiger partial charge in [0.25, 0.3) is 5.91 Å². The highest BCUT2D eigenvalue weighted by Gasteiger charge is 2.40. The number of likely N-dealkylation sites (tertiary alicyclic amines) is 1. The maximum absolute atomic E-state index is 12.3. The van der Waals surface area contributed by atoms with E-state index in [-0.39, 0.29) is 23.2 Å². The van der Waals surface area contributed by atoms with E-state index in [1.165, 1.54) is 0 Å². The molecule has 1 amide bonds. The predicted octanol–water partition coefficient (Wildman–Crippen LogP) is 3.00. The number of ether oxygens (including phenoxy) is 3. The van der Waals surface area contributed by atoms with Crippen LogP contribution in [0.1, 0.15) is 23.3 Å². The van der Waals surface area contributed by atoms with E-state index < -0.39 is 11.8 Å². The van der Waals surface area contributed by atoms with Gasteiger partial charge in [-0.2, -0.15) is 0 Å². The van der Waals surface area contributed by atoms with E-state index in [0.29, 0.717) is 55.1 Å². The molecule has 0 atom stereocenters. The lowest BCUT2D eigenvalue weighted by Gasteiger charge is -2.37. The van der Waals surface area contributed by atoms with Crippen LogP contribution in [0.5, 0.6) is 0 Å². The van der Waals surface area contributed by atoms with Gasteiger partial charge in [-0.15, -0.1) is 0 Å². The van der Waals surface area contributed by atoms with Crippen LogP contribution in [0.3, 0.4) is 0 Å². The van der Waals surface area contributed by atoms with Gasteiger partial charge in [0.1, 0.15) is 5.69 Å². The summed E-state index contributed by atoms with van der Waals surface area (Å²) in [7, 11) is 0. The number of H-pyrrole nitrogens is 1. The molecule has 2 saturated heterocycles. The number of carbonyl (C=O) groups excluding carboxylic acids is 2. The molecule has 2 fully saturated rings. The molecule has 1 spiro atoms. The highest BCUT2D eigenvalue weighted by Crippen LogP contribution is 2.32. The molecule has 0 saturated carbocycles. The van der Waals surface area contributed by atoms with Crippen molar-refractivity contribution in [2.45, 2.75) is 18.6 Å². The fourth-order valence-electron chi connectivity index (χ4n) is 3.45. The number of hydrogen-bond donors (Lipinski definition) is 1. The minimum absolute atomic E-state index is 0.104. The number of esters is 1. The molecule has 7 nitrogen and oxygen atoms in total. The minimum atomic E-state index is -0.684. The Morgan fingerprint density at radius 3 is 2.59 bits per heavy atom. The maximum Gasteiger partial charge on any atom is 0.356 e. The van der Waals surface area contributed by atoms with Crippen LogP contribution in [-0.4, -0.2) is 60.5 Å². The molecule has 2 aliphatic heterocycles. The second-order valence-electron chi connectivity index (χ2n) is 6.57. The van der Waals surface area contributed by atoms with Gasteiger partial charge in [0.05, 0.1) is 18.2 Å². The highest BCUT2D eigenvalue weighted by atomic mass is 35.5. The normalized spacial score (nSPS) is 19.0. The molecule has 1 aromatic carbocycles. The smallest absolute Gasteiger partial charge is 0.356 e. The number of halogens is 2. The lowest BCUT2D eigenvalue weighted by atomic mass is 10.0. The van der Waals surface area contributed by atoms with Crippen molar-refractivity contribution < 1.29 is 23.8 Å². The highest BCUT2D eigenvalue weighted by molar-refractivity contribution is 6.39. The summed E-state index contributed by atoms with van der Waals surface area (Å²) in [5, 5.41) is 1.36. The predicted molar refractivity (Wildman–Crippen MR) is 99.1 cm³/mol. The first-order valence-corrected chi connectivity index (χ1v) is 9.43. The Hall–Kier alpha value is -1.80. The molecule has 0 radical (unpaired) electrons. The number of aromatic amines is 1. The molecule has 144 valence electrons. The molecular weight excluding hydrogens is 395 g/mol. The van der Waals surface area contributed by atoms with Gasteiger partial charge in [0, 0.05) is 41.9 Å². The molecule has 2 aliphatic rings. The number of carbonyl (C=O) groups is 2. The zero-order valence-corrected chi connectivity index (χ0v) is 15.9. The van der Waals surface area contributed by atoms with Gasteiger partial charge in [0.2, 0.25) is 0 Å².